The number of aliphatic hydroxyl groups is 1. The minimum atomic E-state index is -1.26. The maximum Gasteiger partial charge on any atom is 0.325 e. The van der Waals surface area contributed by atoms with E-state index >= 15 is 0 Å². The molecule has 0 radical (unpaired) electrons. The van der Waals surface area contributed by atoms with Gasteiger partial charge in [0.15, 0.2) is 5.54 Å². The van der Waals surface area contributed by atoms with Crippen molar-refractivity contribution in [2.75, 3.05) is 6.54 Å². The SMILES string of the molecule is CC1(c2ccco2)NC(=O)N(CC(O)c2ccc(Cl)cc2)C1=O. The van der Waals surface area contributed by atoms with E-state index in [-0.39, 0.29) is 6.54 Å². The Kier molecular flexibility index (Phi) is 3.87. The van der Waals surface area contributed by atoms with Gasteiger partial charge >= 0.3 is 6.03 Å². The summed E-state index contributed by atoms with van der Waals surface area (Å²) in [4.78, 5) is 25.7. The number of rotatable bonds is 4. The quantitative estimate of drug-likeness (QED) is 0.841. The summed E-state index contributed by atoms with van der Waals surface area (Å²) in [5, 5.41) is 13.4. The first kappa shape index (κ1) is 15.6. The molecule has 1 fully saturated rings. The Labute approximate surface area is 137 Å². The van der Waals surface area contributed by atoms with Crippen LogP contribution in [0.3, 0.4) is 0 Å². The highest BCUT2D eigenvalue weighted by atomic mass is 35.5. The fourth-order valence-corrected chi connectivity index (χ4v) is 2.68. The van der Waals surface area contributed by atoms with Gasteiger partial charge in [0, 0.05) is 5.02 Å². The largest absolute Gasteiger partial charge is 0.466 e. The number of hydrogen-bond acceptors (Lipinski definition) is 4. The standard InChI is InChI=1S/C16H15ClN2O4/c1-16(13-3-2-8-23-13)14(21)19(15(22)18-16)9-12(20)10-4-6-11(17)7-5-10/h2-8,12,20H,9H2,1H3,(H,18,22). The van der Waals surface area contributed by atoms with E-state index in [4.69, 9.17) is 16.0 Å². The minimum Gasteiger partial charge on any atom is -0.466 e. The number of carbonyl (C=O) groups excluding carboxylic acids is 2. The molecule has 0 bridgehead atoms. The van der Waals surface area contributed by atoms with Crippen LogP contribution in [0.15, 0.2) is 47.1 Å². The Hall–Kier alpha value is -2.31. The van der Waals surface area contributed by atoms with Crippen molar-refractivity contribution in [3.05, 3.63) is 59.0 Å². The topological polar surface area (TPSA) is 82.8 Å². The average Bonchev–Trinajstić information content (AvgIpc) is 3.12. The minimum absolute atomic E-state index is 0.150. The smallest absolute Gasteiger partial charge is 0.325 e. The summed E-state index contributed by atoms with van der Waals surface area (Å²) in [6.45, 7) is 1.42. The Bertz CT molecular complexity index is 729. The number of nitrogens with zero attached hydrogens (tertiary/aromatic N) is 1. The first-order valence-corrected chi connectivity index (χ1v) is 7.41. The van der Waals surface area contributed by atoms with E-state index in [1.807, 2.05) is 0 Å². The molecule has 0 aliphatic carbocycles. The molecular formula is C16H15ClN2O4. The Balaban J connectivity index is 1.79. The van der Waals surface area contributed by atoms with Gasteiger partial charge in [-0.2, -0.15) is 0 Å². The molecule has 7 heteroatoms. The van der Waals surface area contributed by atoms with Gasteiger partial charge in [-0.1, -0.05) is 23.7 Å². The fraction of sp³-hybridized carbons (Fsp3) is 0.250. The van der Waals surface area contributed by atoms with Gasteiger partial charge in [0.25, 0.3) is 5.91 Å². The predicted molar refractivity (Wildman–Crippen MR) is 82.7 cm³/mol. The monoisotopic (exact) mass is 334 g/mol. The van der Waals surface area contributed by atoms with Gasteiger partial charge in [-0.05, 0) is 36.8 Å². The van der Waals surface area contributed by atoms with Crippen LogP contribution in [0.2, 0.25) is 5.02 Å². The lowest BCUT2D eigenvalue weighted by atomic mass is 9.99. The third kappa shape index (κ3) is 2.71. The molecule has 0 saturated carbocycles. The number of benzene rings is 1. The molecule has 2 N–H and O–H groups in total. The van der Waals surface area contributed by atoms with Crippen molar-refractivity contribution >= 4 is 23.5 Å². The van der Waals surface area contributed by atoms with Crippen molar-refractivity contribution < 1.29 is 19.1 Å². The van der Waals surface area contributed by atoms with Crippen molar-refractivity contribution in [1.82, 2.24) is 10.2 Å². The molecule has 1 aliphatic heterocycles. The van der Waals surface area contributed by atoms with Gasteiger partial charge < -0.3 is 14.8 Å². The van der Waals surface area contributed by atoms with E-state index < -0.39 is 23.6 Å². The summed E-state index contributed by atoms with van der Waals surface area (Å²) >= 11 is 5.81. The number of nitrogens with one attached hydrogen (secondary N) is 1. The van der Waals surface area contributed by atoms with Crippen LogP contribution in [0.5, 0.6) is 0 Å². The Morgan fingerprint density at radius 1 is 1.30 bits per heavy atom. The molecule has 2 heterocycles. The van der Waals surface area contributed by atoms with Gasteiger partial charge in [-0.15, -0.1) is 0 Å². The van der Waals surface area contributed by atoms with Crippen LogP contribution in [0, 0.1) is 0 Å². The molecule has 0 spiro atoms. The van der Waals surface area contributed by atoms with Crippen molar-refractivity contribution in [3.8, 4) is 0 Å². The number of urea groups is 1. The van der Waals surface area contributed by atoms with Crippen LogP contribution in [0.4, 0.5) is 4.79 Å². The van der Waals surface area contributed by atoms with E-state index in [2.05, 4.69) is 5.32 Å². The molecular weight excluding hydrogens is 320 g/mol. The molecule has 2 unspecified atom stereocenters. The molecule has 3 amide bonds. The summed E-state index contributed by atoms with van der Waals surface area (Å²) in [5.41, 5.74) is -0.693. The second kappa shape index (κ2) is 5.72. The van der Waals surface area contributed by atoms with Crippen LogP contribution in [0.25, 0.3) is 0 Å². The Morgan fingerprint density at radius 2 is 2.00 bits per heavy atom. The molecule has 1 aromatic carbocycles. The molecule has 2 atom stereocenters. The Morgan fingerprint density at radius 3 is 2.61 bits per heavy atom. The molecule has 120 valence electrons. The second-order valence-electron chi connectivity index (χ2n) is 5.52. The average molecular weight is 335 g/mol. The van der Waals surface area contributed by atoms with Crippen molar-refractivity contribution in [2.24, 2.45) is 0 Å². The predicted octanol–water partition coefficient (Wildman–Crippen LogP) is 2.43. The van der Waals surface area contributed by atoms with Gasteiger partial charge in [0.05, 0.1) is 18.9 Å². The van der Waals surface area contributed by atoms with Crippen LogP contribution in [-0.4, -0.2) is 28.5 Å². The summed E-state index contributed by atoms with van der Waals surface area (Å²) < 4.78 is 5.25. The lowest BCUT2D eigenvalue weighted by Crippen LogP contribution is -2.41. The molecule has 23 heavy (non-hydrogen) atoms. The second-order valence-corrected chi connectivity index (χ2v) is 5.95. The van der Waals surface area contributed by atoms with Gasteiger partial charge in [-0.3, -0.25) is 9.69 Å². The zero-order valence-electron chi connectivity index (χ0n) is 12.3. The van der Waals surface area contributed by atoms with Crippen molar-refractivity contribution in [3.63, 3.8) is 0 Å². The van der Waals surface area contributed by atoms with Gasteiger partial charge in [0.2, 0.25) is 0 Å². The fourth-order valence-electron chi connectivity index (χ4n) is 2.56. The summed E-state index contributed by atoms with van der Waals surface area (Å²) in [7, 11) is 0. The highest BCUT2D eigenvalue weighted by molar-refractivity contribution is 6.30. The molecule has 1 aliphatic rings. The first-order chi connectivity index (χ1) is 10.9. The molecule has 6 nitrogen and oxygen atoms in total. The van der Waals surface area contributed by atoms with E-state index in [1.165, 1.54) is 6.26 Å². The zero-order chi connectivity index (χ0) is 16.6. The van der Waals surface area contributed by atoms with Crippen LogP contribution >= 0.6 is 11.6 Å². The summed E-state index contributed by atoms with van der Waals surface area (Å²) in [5.74, 6) is -0.121. The molecule has 2 aromatic rings. The maximum absolute atomic E-state index is 12.6. The van der Waals surface area contributed by atoms with Crippen LogP contribution in [0.1, 0.15) is 24.4 Å². The molecule has 3 rings (SSSR count). The third-order valence-electron chi connectivity index (χ3n) is 3.90. The van der Waals surface area contributed by atoms with Crippen LogP contribution < -0.4 is 5.32 Å². The summed E-state index contributed by atoms with van der Waals surface area (Å²) in [6.07, 6.45) is 0.437. The van der Waals surface area contributed by atoms with Crippen molar-refractivity contribution in [1.29, 1.82) is 0 Å². The van der Waals surface area contributed by atoms with E-state index in [9.17, 15) is 14.7 Å². The van der Waals surface area contributed by atoms with E-state index in [0.717, 1.165) is 4.90 Å². The number of amides is 3. The highest BCUT2D eigenvalue weighted by Crippen LogP contribution is 2.30. The van der Waals surface area contributed by atoms with Crippen LogP contribution in [-0.2, 0) is 10.3 Å². The highest BCUT2D eigenvalue weighted by Gasteiger charge is 2.51. The van der Waals surface area contributed by atoms with Crippen molar-refractivity contribution in [2.45, 2.75) is 18.6 Å². The number of hydrogen-bond donors (Lipinski definition) is 2. The third-order valence-corrected chi connectivity index (χ3v) is 4.15. The maximum atomic E-state index is 12.6. The van der Waals surface area contributed by atoms with E-state index in [1.54, 1.807) is 43.3 Å². The number of furan rings is 1. The number of aliphatic hydroxyl groups excluding tert-OH is 1. The normalized spacial score (nSPS) is 22.3. The summed E-state index contributed by atoms with van der Waals surface area (Å²) in [6, 6.07) is 9.27. The number of carbonyl (C=O) groups is 2. The lowest BCUT2D eigenvalue weighted by Gasteiger charge is -2.20. The number of imide groups is 1. The number of halogens is 1. The first-order valence-electron chi connectivity index (χ1n) is 7.03. The van der Waals surface area contributed by atoms with Gasteiger partial charge in [-0.25, -0.2) is 4.79 Å². The van der Waals surface area contributed by atoms with E-state index in [0.29, 0.717) is 16.3 Å². The van der Waals surface area contributed by atoms with Gasteiger partial charge in [0.1, 0.15) is 5.76 Å². The zero-order valence-corrected chi connectivity index (χ0v) is 13.1. The molecule has 1 saturated heterocycles. The lowest BCUT2D eigenvalue weighted by molar-refractivity contribution is -0.132. The number of β-amino-alcohol motifs (C(OH)–C–C–N with tert-alkyl or cyclic N) is 1. The molecule has 1 aromatic heterocycles.